The van der Waals surface area contributed by atoms with E-state index < -0.39 is 5.97 Å². The number of hydrogen-bond donors (Lipinski definition) is 0. The van der Waals surface area contributed by atoms with Crippen molar-refractivity contribution in [1.82, 2.24) is 0 Å². The zero-order valence-corrected chi connectivity index (χ0v) is 7.81. The molecular weight excluding hydrogens is 154 g/mol. The van der Waals surface area contributed by atoms with E-state index in [1.807, 2.05) is 0 Å². The van der Waals surface area contributed by atoms with E-state index in [1.165, 1.54) is 0 Å². The molecule has 0 amide bonds. The summed E-state index contributed by atoms with van der Waals surface area (Å²) in [6, 6.07) is 0. The van der Waals surface area contributed by atoms with Crippen molar-refractivity contribution < 1.29 is 78.1 Å². The monoisotopic (exact) mass is 157 g/mol. The molecule has 33 valence electrons. The van der Waals surface area contributed by atoms with Crippen molar-refractivity contribution in [2.75, 3.05) is 0 Å². The molecule has 0 aliphatic rings. The second-order valence-corrected chi connectivity index (χ2v) is 0.492. The average Bonchev–Trinajstić information content (AvgIpc) is 0.811. The number of aliphatic carboxylic acids is 1. The molecule has 0 aromatic rings. The van der Waals surface area contributed by atoms with Crippen LogP contribution >= 0.6 is 0 Å². The minimum absolute atomic E-state index is 0. The zero-order chi connectivity index (χ0) is 3.58. The number of carboxylic acid groups (broad SMARTS) is 1. The minimum atomic E-state index is -1.08. The van der Waals surface area contributed by atoms with Crippen molar-refractivity contribution in [2.24, 2.45) is 0 Å². The van der Waals surface area contributed by atoms with E-state index >= 15 is 0 Å². The van der Waals surface area contributed by atoms with Gasteiger partial charge in [0.2, 0.25) is 0 Å². The van der Waals surface area contributed by atoms with Crippen LogP contribution in [0.1, 0.15) is 6.92 Å². The van der Waals surface area contributed by atoms with E-state index in [-0.39, 0.29) is 68.2 Å². The number of carbonyl (C=O) groups excluding carboxylic acids is 1. The van der Waals surface area contributed by atoms with Crippen molar-refractivity contribution in [1.29, 1.82) is 0 Å². The van der Waals surface area contributed by atoms with Crippen molar-refractivity contribution in [3.8, 4) is 0 Å². The smallest absolute Gasteiger partial charge is 0.550 e. The predicted octanol–water partition coefficient (Wildman–Crippen LogP) is -4.24. The summed E-state index contributed by atoms with van der Waals surface area (Å²) in [5.74, 6) is -1.08. The quantitative estimate of drug-likeness (QED) is 0.334. The summed E-state index contributed by atoms with van der Waals surface area (Å²) in [6.07, 6.45) is 0. The molecule has 0 unspecified atom stereocenters. The first-order chi connectivity index (χ1) is 1.73. The van der Waals surface area contributed by atoms with Gasteiger partial charge in [0.1, 0.15) is 0 Å². The minimum Gasteiger partial charge on any atom is -0.550 e. The Bertz CT molecular complexity index is 34.5. The SMILES string of the molecule is CC(=O)[O-].[Co].[K+]. The number of carboxylic acids is 1. The molecule has 1 radical (unpaired) electrons. The van der Waals surface area contributed by atoms with E-state index in [4.69, 9.17) is 9.90 Å². The van der Waals surface area contributed by atoms with Gasteiger partial charge in [0.15, 0.2) is 0 Å². The van der Waals surface area contributed by atoms with Crippen molar-refractivity contribution in [2.45, 2.75) is 6.92 Å². The largest absolute Gasteiger partial charge is 1.00 e. The standard InChI is InChI=1S/C2H4O2.Co.K/c1-2(3)4;;/h1H3,(H,3,4);;/q;;+1/p-1. The Morgan fingerprint density at radius 3 is 1.67 bits per heavy atom. The maximum atomic E-state index is 8.89. The van der Waals surface area contributed by atoms with Crippen LogP contribution in [-0.2, 0) is 21.6 Å². The van der Waals surface area contributed by atoms with Crippen LogP contribution < -0.4 is 56.5 Å². The Hall–Kier alpha value is 1.61. The van der Waals surface area contributed by atoms with Gasteiger partial charge in [0.25, 0.3) is 0 Å². The van der Waals surface area contributed by atoms with E-state index in [0.29, 0.717) is 0 Å². The molecule has 4 heteroatoms. The van der Waals surface area contributed by atoms with Crippen molar-refractivity contribution in [3.05, 3.63) is 0 Å². The molecule has 0 atom stereocenters. The Morgan fingerprint density at radius 2 is 1.67 bits per heavy atom. The molecule has 0 heterocycles. The molecule has 0 bridgehead atoms. The first-order valence-electron chi connectivity index (χ1n) is 0.908. The van der Waals surface area contributed by atoms with Crippen LogP contribution in [-0.4, -0.2) is 5.97 Å². The second kappa shape index (κ2) is 9.79. The third-order valence-electron chi connectivity index (χ3n) is 0. The van der Waals surface area contributed by atoms with Gasteiger partial charge in [-0.3, -0.25) is 0 Å². The Morgan fingerprint density at radius 1 is 1.67 bits per heavy atom. The molecule has 0 N–H and O–H groups in total. The topological polar surface area (TPSA) is 40.1 Å². The maximum absolute atomic E-state index is 8.89. The zero-order valence-electron chi connectivity index (χ0n) is 3.65. The van der Waals surface area contributed by atoms with Gasteiger partial charge in [-0.25, -0.2) is 0 Å². The summed E-state index contributed by atoms with van der Waals surface area (Å²) >= 11 is 0. The predicted molar refractivity (Wildman–Crippen MR) is 10.7 cm³/mol. The van der Waals surface area contributed by atoms with E-state index in [0.717, 1.165) is 6.92 Å². The van der Waals surface area contributed by atoms with Gasteiger partial charge in [-0.15, -0.1) is 0 Å². The van der Waals surface area contributed by atoms with Gasteiger partial charge in [0.05, 0.1) is 0 Å². The average molecular weight is 157 g/mol. The first kappa shape index (κ1) is 15.6. The maximum Gasteiger partial charge on any atom is 1.00 e. The fourth-order valence-corrected chi connectivity index (χ4v) is 0. The summed E-state index contributed by atoms with van der Waals surface area (Å²) in [7, 11) is 0. The van der Waals surface area contributed by atoms with Crippen LogP contribution in [0.5, 0.6) is 0 Å². The molecule has 0 aromatic heterocycles. The summed E-state index contributed by atoms with van der Waals surface area (Å²) in [6.45, 7) is 0.972. The number of carbonyl (C=O) groups is 1. The molecular formula is C2H3CoKO2. The molecule has 0 rings (SSSR count). The van der Waals surface area contributed by atoms with Gasteiger partial charge >= 0.3 is 51.4 Å². The van der Waals surface area contributed by atoms with Crippen LogP contribution in [0.3, 0.4) is 0 Å². The molecule has 0 saturated heterocycles. The Kier molecular flexibility index (Phi) is 25.5. The molecule has 0 aliphatic carbocycles. The molecule has 6 heavy (non-hydrogen) atoms. The van der Waals surface area contributed by atoms with Gasteiger partial charge in [-0.05, 0) is 6.92 Å². The molecule has 0 saturated carbocycles. The van der Waals surface area contributed by atoms with Crippen LogP contribution in [0.4, 0.5) is 0 Å². The fourth-order valence-electron chi connectivity index (χ4n) is 0. The molecule has 0 spiro atoms. The fraction of sp³-hybridized carbons (Fsp3) is 0.500. The van der Waals surface area contributed by atoms with E-state index in [9.17, 15) is 0 Å². The normalized spacial score (nSPS) is 4.17. The summed E-state index contributed by atoms with van der Waals surface area (Å²) in [5.41, 5.74) is 0. The van der Waals surface area contributed by atoms with Crippen LogP contribution in [0.2, 0.25) is 0 Å². The third-order valence-corrected chi connectivity index (χ3v) is 0. The molecule has 0 aliphatic heterocycles. The molecule has 0 fully saturated rings. The Labute approximate surface area is 89.3 Å². The van der Waals surface area contributed by atoms with E-state index in [2.05, 4.69) is 0 Å². The summed E-state index contributed by atoms with van der Waals surface area (Å²) in [4.78, 5) is 8.89. The van der Waals surface area contributed by atoms with Gasteiger partial charge in [-0.2, -0.15) is 0 Å². The number of rotatable bonds is 0. The summed E-state index contributed by atoms with van der Waals surface area (Å²) < 4.78 is 0. The van der Waals surface area contributed by atoms with Gasteiger partial charge in [-0.1, -0.05) is 0 Å². The second-order valence-electron chi connectivity index (χ2n) is 0.492. The Balaban J connectivity index is -0.0000000450. The summed E-state index contributed by atoms with van der Waals surface area (Å²) in [5, 5.41) is 8.89. The van der Waals surface area contributed by atoms with Crippen LogP contribution in [0, 0.1) is 0 Å². The third kappa shape index (κ3) is 45.9. The number of hydrogen-bond acceptors (Lipinski definition) is 2. The van der Waals surface area contributed by atoms with E-state index in [1.54, 1.807) is 0 Å². The van der Waals surface area contributed by atoms with Crippen LogP contribution in [0.25, 0.3) is 0 Å². The van der Waals surface area contributed by atoms with Crippen molar-refractivity contribution in [3.63, 3.8) is 0 Å². The first-order valence-corrected chi connectivity index (χ1v) is 0.908. The molecule has 0 aromatic carbocycles. The van der Waals surface area contributed by atoms with Crippen molar-refractivity contribution >= 4 is 5.97 Å². The van der Waals surface area contributed by atoms with Gasteiger partial charge in [0, 0.05) is 22.7 Å². The van der Waals surface area contributed by atoms with Crippen LogP contribution in [0.15, 0.2) is 0 Å². The molecule has 2 nitrogen and oxygen atoms in total. The van der Waals surface area contributed by atoms with Gasteiger partial charge < -0.3 is 9.90 Å².